The van der Waals surface area contributed by atoms with Gasteiger partial charge in [-0.05, 0) is 44.4 Å². The Kier molecular flexibility index (Phi) is 6.90. The number of benzene rings is 2. The van der Waals surface area contributed by atoms with Crippen LogP contribution < -0.4 is 19.1 Å². The van der Waals surface area contributed by atoms with Crippen LogP contribution in [0.1, 0.15) is 0 Å². The maximum atomic E-state index is 13.0. The van der Waals surface area contributed by atoms with Crippen molar-refractivity contribution in [3.05, 3.63) is 42.5 Å². The monoisotopic (exact) mass is 415 g/mol. The fourth-order valence-electron chi connectivity index (χ4n) is 2.68. The first-order valence-corrected chi connectivity index (χ1v) is 9.98. The smallest absolute Gasteiger partial charge is 0.266 e. The first-order valence-electron chi connectivity index (χ1n) is 9.16. The minimum Gasteiger partial charge on any atom is -0.497 e. The number of hydrogen-bond donors (Lipinski definition) is 0. The highest BCUT2D eigenvalue weighted by molar-refractivity contribution is 7.22. The maximum absolute atomic E-state index is 13.0. The van der Waals surface area contributed by atoms with Gasteiger partial charge in [0.1, 0.15) is 17.2 Å². The highest BCUT2D eigenvalue weighted by atomic mass is 32.1. The van der Waals surface area contributed by atoms with Crippen molar-refractivity contribution in [3.8, 4) is 17.2 Å². The van der Waals surface area contributed by atoms with E-state index in [0.29, 0.717) is 29.7 Å². The number of anilines is 1. The van der Waals surface area contributed by atoms with Crippen LogP contribution in [0.4, 0.5) is 5.13 Å². The Hall–Kier alpha value is -2.84. The summed E-state index contributed by atoms with van der Waals surface area (Å²) in [7, 11) is 7.17. The standard InChI is InChI=1S/C21H25N3O4S/c1-23(2)10-11-24(20(25)14-28-17-7-5-6-15(12-17)26-3)21-22-18-9-8-16(27-4)13-19(18)29-21/h5-9,12-13H,10-11,14H2,1-4H3. The van der Waals surface area contributed by atoms with Gasteiger partial charge in [-0.2, -0.15) is 0 Å². The summed E-state index contributed by atoms with van der Waals surface area (Å²) >= 11 is 1.46. The molecule has 2 aromatic carbocycles. The number of carbonyl (C=O) groups is 1. The number of carbonyl (C=O) groups excluding carboxylic acids is 1. The minimum atomic E-state index is -0.152. The van der Waals surface area contributed by atoms with Crippen LogP contribution >= 0.6 is 11.3 Å². The molecule has 0 saturated carbocycles. The van der Waals surface area contributed by atoms with E-state index in [9.17, 15) is 4.79 Å². The molecule has 8 heteroatoms. The highest BCUT2D eigenvalue weighted by Crippen LogP contribution is 2.31. The number of ether oxygens (including phenoxy) is 3. The average Bonchev–Trinajstić information content (AvgIpc) is 3.15. The molecule has 0 aliphatic heterocycles. The second-order valence-electron chi connectivity index (χ2n) is 6.65. The average molecular weight is 416 g/mol. The van der Waals surface area contributed by atoms with Gasteiger partial charge in [0, 0.05) is 19.2 Å². The Balaban J connectivity index is 1.79. The molecule has 0 fully saturated rings. The summed E-state index contributed by atoms with van der Waals surface area (Å²) in [5, 5.41) is 0.648. The Labute approximate surface area is 174 Å². The van der Waals surface area contributed by atoms with Crippen LogP contribution in [0.5, 0.6) is 17.2 Å². The molecule has 0 N–H and O–H groups in total. The predicted molar refractivity (Wildman–Crippen MR) is 116 cm³/mol. The van der Waals surface area contributed by atoms with Crippen molar-refractivity contribution in [2.75, 3.05) is 52.9 Å². The van der Waals surface area contributed by atoms with E-state index < -0.39 is 0 Å². The molecule has 29 heavy (non-hydrogen) atoms. The Morgan fingerprint density at radius 1 is 1.00 bits per heavy atom. The van der Waals surface area contributed by atoms with Crippen LogP contribution in [0, 0.1) is 0 Å². The van der Waals surface area contributed by atoms with E-state index in [1.54, 1.807) is 31.3 Å². The summed E-state index contributed by atoms with van der Waals surface area (Å²) in [5.41, 5.74) is 0.835. The number of likely N-dealkylation sites (N-methyl/N-ethyl adjacent to an activating group) is 1. The maximum Gasteiger partial charge on any atom is 0.266 e. The molecule has 154 valence electrons. The third-order valence-electron chi connectivity index (χ3n) is 4.29. The van der Waals surface area contributed by atoms with Crippen LogP contribution in [0.25, 0.3) is 10.2 Å². The zero-order valence-electron chi connectivity index (χ0n) is 17.0. The number of methoxy groups -OCH3 is 2. The van der Waals surface area contributed by atoms with E-state index in [1.807, 2.05) is 49.3 Å². The van der Waals surface area contributed by atoms with E-state index >= 15 is 0 Å². The molecule has 1 aromatic heterocycles. The van der Waals surface area contributed by atoms with E-state index in [1.165, 1.54) is 11.3 Å². The number of aromatic nitrogens is 1. The van der Waals surface area contributed by atoms with Crippen molar-refractivity contribution in [1.29, 1.82) is 0 Å². The number of hydrogen-bond acceptors (Lipinski definition) is 7. The molecule has 0 aliphatic carbocycles. The van der Waals surface area contributed by atoms with Crippen molar-refractivity contribution < 1.29 is 19.0 Å². The van der Waals surface area contributed by atoms with Crippen LogP contribution in [0.3, 0.4) is 0 Å². The molecule has 3 aromatic rings. The SMILES string of the molecule is COc1cccc(OCC(=O)N(CCN(C)C)c2nc3ccc(OC)cc3s2)c1. The van der Waals surface area contributed by atoms with Gasteiger partial charge in [0.25, 0.3) is 5.91 Å². The summed E-state index contributed by atoms with van der Waals surface area (Å²) in [6.07, 6.45) is 0. The molecule has 0 spiro atoms. The van der Waals surface area contributed by atoms with Crippen molar-refractivity contribution in [3.63, 3.8) is 0 Å². The lowest BCUT2D eigenvalue weighted by Gasteiger charge is -2.22. The van der Waals surface area contributed by atoms with Crippen LogP contribution in [0.2, 0.25) is 0 Å². The Morgan fingerprint density at radius 2 is 1.72 bits per heavy atom. The number of amides is 1. The van der Waals surface area contributed by atoms with Crippen molar-refractivity contribution >= 4 is 32.6 Å². The van der Waals surface area contributed by atoms with E-state index in [0.717, 1.165) is 16.0 Å². The second kappa shape index (κ2) is 9.58. The van der Waals surface area contributed by atoms with Gasteiger partial charge in [-0.25, -0.2) is 4.98 Å². The summed E-state index contributed by atoms with van der Waals surface area (Å²) in [6, 6.07) is 12.9. The van der Waals surface area contributed by atoms with E-state index in [-0.39, 0.29) is 12.5 Å². The zero-order valence-corrected chi connectivity index (χ0v) is 17.9. The molecule has 0 aliphatic rings. The molecule has 0 unspecified atom stereocenters. The topological polar surface area (TPSA) is 64.1 Å². The lowest BCUT2D eigenvalue weighted by atomic mass is 10.3. The van der Waals surface area contributed by atoms with Gasteiger partial charge < -0.3 is 19.1 Å². The number of fused-ring (bicyclic) bond motifs is 1. The summed E-state index contributed by atoms with van der Waals surface area (Å²) in [4.78, 5) is 21.3. The van der Waals surface area contributed by atoms with Crippen molar-refractivity contribution in [2.24, 2.45) is 0 Å². The fourth-order valence-corrected chi connectivity index (χ4v) is 3.71. The first-order chi connectivity index (χ1) is 14.0. The lowest BCUT2D eigenvalue weighted by Crippen LogP contribution is -2.39. The summed E-state index contributed by atoms with van der Waals surface area (Å²) < 4.78 is 17.2. The van der Waals surface area contributed by atoms with Gasteiger partial charge in [-0.1, -0.05) is 17.4 Å². The largest absolute Gasteiger partial charge is 0.497 e. The van der Waals surface area contributed by atoms with Crippen molar-refractivity contribution in [2.45, 2.75) is 0 Å². The summed E-state index contributed by atoms with van der Waals surface area (Å²) in [6.45, 7) is 1.15. The number of thiazole rings is 1. The van der Waals surface area contributed by atoms with E-state index in [2.05, 4.69) is 4.98 Å². The second-order valence-corrected chi connectivity index (χ2v) is 7.66. The van der Waals surface area contributed by atoms with Gasteiger partial charge in [0.2, 0.25) is 0 Å². The molecule has 0 saturated heterocycles. The van der Waals surface area contributed by atoms with Gasteiger partial charge in [-0.15, -0.1) is 0 Å². The number of rotatable bonds is 9. The van der Waals surface area contributed by atoms with Crippen LogP contribution in [-0.2, 0) is 4.79 Å². The van der Waals surface area contributed by atoms with Crippen LogP contribution in [-0.4, -0.2) is 63.8 Å². The molecule has 1 amide bonds. The third-order valence-corrected chi connectivity index (χ3v) is 5.33. The molecule has 0 bridgehead atoms. The van der Waals surface area contributed by atoms with Gasteiger partial charge in [0.15, 0.2) is 11.7 Å². The Morgan fingerprint density at radius 3 is 2.45 bits per heavy atom. The molecular formula is C21H25N3O4S. The summed E-state index contributed by atoms with van der Waals surface area (Å²) in [5.74, 6) is 1.87. The fraction of sp³-hybridized carbons (Fsp3) is 0.333. The number of nitrogens with zero attached hydrogens (tertiary/aromatic N) is 3. The third kappa shape index (κ3) is 5.36. The van der Waals surface area contributed by atoms with Gasteiger partial charge in [-0.3, -0.25) is 9.69 Å². The molecule has 0 radical (unpaired) electrons. The van der Waals surface area contributed by atoms with Gasteiger partial charge in [0.05, 0.1) is 24.4 Å². The molecule has 0 atom stereocenters. The van der Waals surface area contributed by atoms with Crippen LogP contribution in [0.15, 0.2) is 42.5 Å². The molecule has 1 heterocycles. The minimum absolute atomic E-state index is 0.0835. The highest BCUT2D eigenvalue weighted by Gasteiger charge is 2.21. The molecule has 3 rings (SSSR count). The lowest BCUT2D eigenvalue weighted by molar-refractivity contribution is -0.120. The quantitative estimate of drug-likeness (QED) is 0.534. The predicted octanol–water partition coefficient (Wildman–Crippen LogP) is 3.29. The van der Waals surface area contributed by atoms with E-state index in [4.69, 9.17) is 14.2 Å². The van der Waals surface area contributed by atoms with Gasteiger partial charge >= 0.3 is 0 Å². The molecular weight excluding hydrogens is 390 g/mol. The van der Waals surface area contributed by atoms with Crippen molar-refractivity contribution in [1.82, 2.24) is 9.88 Å². The Bertz CT molecular complexity index is 973. The zero-order chi connectivity index (χ0) is 20.8. The molecule has 7 nitrogen and oxygen atoms in total. The first kappa shape index (κ1) is 20.9. The normalized spacial score (nSPS) is 10.9.